The van der Waals surface area contributed by atoms with Crippen molar-refractivity contribution in [2.45, 2.75) is 12.8 Å². The van der Waals surface area contributed by atoms with E-state index < -0.39 is 0 Å². The fraction of sp³-hybridized carbons (Fsp3) is 0.312. The fourth-order valence-corrected chi connectivity index (χ4v) is 2.75. The van der Waals surface area contributed by atoms with Crippen molar-refractivity contribution in [1.82, 2.24) is 14.7 Å². The summed E-state index contributed by atoms with van der Waals surface area (Å²) in [4.78, 5) is 25.5. The van der Waals surface area contributed by atoms with Gasteiger partial charge in [-0.15, -0.1) is 0 Å². The molecule has 6 nitrogen and oxygen atoms in total. The number of likely N-dealkylation sites (tertiary alicyclic amines) is 1. The maximum absolute atomic E-state index is 12.5. The highest BCUT2D eigenvalue weighted by Gasteiger charge is 2.27. The Morgan fingerprint density at radius 1 is 1.23 bits per heavy atom. The molecule has 22 heavy (non-hydrogen) atoms. The molecule has 0 saturated carbocycles. The number of hydrogen-bond donors (Lipinski definition) is 1. The standard InChI is InChI=1S/C16H18N4O2/c17-15(21)13-3-1-9-19(11-13)16(22)12-4-6-14(7-5-12)20-10-2-8-18-20/h2,4-8,10,13H,1,3,9,11H2,(H2,17,21). The predicted molar refractivity (Wildman–Crippen MR) is 81.4 cm³/mol. The average molecular weight is 298 g/mol. The molecule has 0 aliphatic carbocycles. The molecule has 1 saturated heterocycles. The molecule has 0 radical (unpaired) electrons. The smallest absolute Gasteiger partial charge is 0.253 e. The molecule has 1 aromatic heterocycles. The van der Waals surface area contributed by atoms with Crippen molar-refractivity contribution < 1.29 is 9.59 Å². The van der Waals surface area contributed by atoms with Gasteiger partial charge in [0.1, 0.15) is 0 Å². The number of primary amides is 1. The molecule has 0 bridgehead atoms. The number of nitrogens with two attached hydrogens (primary N) is 1. The monoisotopic (exact) mass is 298 g/mol. The van der Waals surface area contributed by atoms with E-state index in [1.165, 1.54) is 0 Å². The third kappa shape index (κ3) is 2.86. The topological polar surface area (TPSA) is 81.2 Å². The Balaban J connectivity index is 1.73. The van der Waals surface area contributed by atoms with Crippen LogP contribution in [-0.2, 0) is 4.79 Å². The Bertz CT molecular complexity index is 664. The first kappa shape index (κ1) is 14.3. The van der Waals surface area contributed by atoms with Crippen LogP contribution >= 0.6 is 0 Å². The summed E-state index contributed by atoms with van der Waals surface area (Å²) in [6.07, 6.45) is 5.12. The number of benzene rings is 1. The number of hydrogen-bond acceptors (Lipinski definition) is 3. The van der Waals surface area contributed by atoms with Crippen LogP contribution in [0.2, 0.25) is 0 Å². The van der Waals surface area contributed by atoms with E-state index >= 15 is 0 Å². The molecule has 1 aliphatic rings. The Kier molecular flexibility index (Phi) is 3.91. The predicted octanol–water partition coefficient (Wildman–Crippen LogP) is 1.21. The lowest BCUT2D eigenvalue weighted by Gasteiger charge is -2.31. The van der Waals surface area contributed by atoms with E-state index in [0.717, 1.165) is 18.5 Å². The third-order valence-corrected chi connectivity index (χ3v) is 3.99. The molecule has 2 N–H and O–H groups in total. The second kappa shape index (κ2) is 6.01. The average Bonchev–Trinajstić information content (AvgIpc) is 3.09. The zero-order valence-corrected chi connectivity index (χ0v) is 12.2. The lowest BCUT2D eigenvalue weighted by atomic mass is 9.97. The first-order valence-electron chi connectivity index (χ1n) is 7.34. The van der Waals surface area contributed by atoms with Gasteiger partial charge in [0.25, 0.3) is 5.91 Å². The van der Waals surface area contributed by atoms with Crippen molar-refractivity contribution in [3.8, 4) is 5.69 Å². The molecule has 1 aliphatic heterocycles. The van der Waals surface area contributed by atoms with Crippen LogP contribution < -0.4 is 5.73 Å². The fourth-order valence-electron chi connectivity index (χ4n) is 2.75. The van der Waals surface area contributed by atoms with Gasteiger partial charge < -0.3 is 10.6 Å². The van der Waals surface area contributed by atoms with Crippen LogP contribution in [0, 0.1) is 5.92 Å². The summed E-state index contributed by atoms with van der Waals surface area (Å²) in [5, 5.41) is 4.15. The Hall–Kier alpha value is -2.63. The largest absolute Gasteiger partial charge is 0.369 e. The highest BCUT2D eigenvalue weighted by Crippen LogP contribution is 2.19. The van der Waals surface area contributed by atoms with Gasteiger partial charge in [0.05, 0.1) is 11.6 Å². The molecule has 0 spiro atoms. The van der Waals surface area contributed by atoms with Crippen molar-refractivity contribution in [1.29, 1.82) is 0 Å². The summed E-state index contributed by atoms with van der Waals surface area (Å²) >= 11 is 0. The van der Waals surface area contributed by atoms with E-state index in [2.05, 4.69) is 5.10 Å². The Morgan fingerprint density at radius 2 is 2.00 bits per heavy atom. The van der Waals surface area contributed by atoms with Crippen molar-refractivity contribution >= 4 is 11.8 Å². The van der Waals surface area contributed by atoms with Gasteiger partial charge in [-0.1, -0.05) is 0 Å². The van der Waals surface area contributed by atoms with E-state index in [4.69, 9.17) is 5.73 Å². The Labute approximate surface area is 128 Å². The minimum absolute atomic E-state index is 0.0574. The van der Waals surface area contributed by atoms with Gasteiger partial charge in [0, 0.05) is 31.0 Å². The van der Waals surface area contributed by atoms with E-state index in [1.54, 1.807) is 27.9 Å². The van der Waals surface area contributed by atoms with Gasteiger partial charge >= 0.3 is 0 Å². The number of nitrogens with zero attached hydrogens (tertiary/aromatic N) is 3. The molecule has 114 valence electrons. The van der Waals surface area contributed by atoms with Gasteiger partial charge in [0.2, 0.25) is 5.91 Å². The summed E-state index contributed by atoms with van der Waals surface area (Å²) in [7, 11) is 0. The molecule has 3 rings (SSSR count). The summed E-state index contributed by atoms with van der Waals surface area (Å²) in [5.41, 5.74) is 6.87. The zero-order chi connectivity index (χ0) is 15.5. The molecule has 2 heterocycles. The van der Waals surface area contributed by atoms with Crippen LogP contribution in [0.1, 0.15) is 23.2 Å². The maximum atomic E-state index is 12.5. The zero-order valence-electron chi connectivity index (χ0n) is 12.2. The van der Waals surface area contributed by atoms with Gasteiger partial charge in [-0.3, -0.25) is 9.59 Å². The number of rotatable bonds is 3. The van der Waals surface area contributed by atoms with Gasteiger partial charge in [-0.25, -0.2) is 4.68 Å². The number of aromatic nitrogens is 2. The van der Waals surface area contributed by atoms with Crippen molar-refractivity contribution in [2.24, 2.45) is 11.7 Å². The van der Waals surface area contributed by atoms with Crippen molar-refractivity contribution in [3.63, 3.8) is 0 Å². The molecule has 6 heteroatoms. The number of amides is 2. The first-order valence-corrected chi connectivity index (χ1v) is 7.34. The molecule has 1 fully saturated rings. The molecule has 1 unspecified atom stereocenters. The Morgan fingerprint density at radius 3 is 2.64 bits per heavy atom. The lowest BCUT2D eigenvalue weighted by molar-refractivity contribution is -0.123. The van der Waals surface area contributed by atoms with E-state index in [9.17, 15) is 9.59 Å². The van der Waals surface area contributed by atoms with Crippen molar-refractivity contribution in [2.75, 3.05) is 13.1 Å². The van der Waals surface area contributed by atoms with Gasteiger partial charge in [-0.05, 0) is 43.2 Å². The highest BCUT2D eigenvalue weighted by atomic mass is 16.2. The molecule has 1 aromatic carbocycles. The van der Waals surface area contributed by atoms with E-state index in [-0.39, 0.29) is 17.7 Å². The summed E-state index contributed by atoms with van der Waals surface area (Å²) in [6.45, 7) is 1.08. The lowest BCUT2D eigenvalue weighted by Crippen LogP contribution is -2.44. The van der Waals surface area contributed by atoms with Crippen LogP contribution in [0.3, 0.4) is 0 Å². The van der Waals surface area contributed by atoms with Gasteiger partial charge in [0.15, 0.2) is 0 Å². The van der Waals surface area contributed by atoms with E-state index in [0.29, 0.717) is 18.7 Å². The molecular formula is C16H18N4O2. The van der Waals surface area contributed by atoms with Crippen LogP contribution in [0.25, 0.3) is 5.69 Å². The molecular weight excluding hydrogens is 280 g/mol. The maximum Gasteiger partial charge on any atom is 0.253 e. The molecule has 1 atom stereocenters. The quantitative estimate of drug-likeness (QED) is 0.924. The first-order chi connectivity index (χ1) is 10.6. The van der Waals surface area contributed by atoms with Crippen LogP contribution in [0.15, 0.2) is 42.7 Å². The second-order valence-corrected chi connectivity index (χ2v) is 5.49. The molecule has 2 aromatic rings. The van der Waals surface area contributed by atoms with Crippen molar-refractivity contribution in [3.05, 3.63) is 48.3 Å². The summed E-state index contributed by atoms with van der Waals surface area (Å²) in [5.74, 6) is -0.620. The normalized spacial score (nSPS) is 18.2. The van der Waals surface area contributed by atoms with Crippen LogP contribution in [0.5, 0.6) is 0 Å². The summed E-state index contributed by atoms with van der Waals surface area (Å²) < 4.78 is 1.73. The van der Waals surface area contributed by atoms with Gasteiger partial charge in [-0.2, -0.15) is 5.10 Å². The summed E-state index contributed by atoms with van der Waals surface area (Å²) in [6, 6.07) is 9.13. The third-order valence-electron chi connectivity index (χ3n) is 3.99. The van der Waals surface area contributed by atoms with Crippen LogP contribution in [0.4, 0.5) is 0 Å². The number of carbonyl (C=O) groups excluding carboxylic acids is 2. The SMILES string of the molecule is NC(=O)C1CCCN(C(=O)c2ccc(-n3cccn3)cc2)C1. The van der Waals surface area contributed by atoms with E-state index in [1.807, 2.05) is 24.4 Å². The number of piperidine rings is 1. The second-order valence-electron chi connectivity index (χ2n) is 5.49. The number of carbonyl (C=O) groups is 2. The molecule has 2 amide bonds. The highest BCUT2D eigenvalue weighted by molar-refractivity contribution is 5.94. The minimum Gasteiger partial charge on any atom is -0.369 e. The van der Waals surface area contributed by atoms with Crippen LogP contribution in [-0.4, -0.2) is 39.6 Å². The minimum atomic E-state index is -0.327.